The van der Waals surface area contributed by atoms with Gasteiger partial charge < -0.3 is 24.5 Å². The van der Waals surface area contributed by atoms with Crippen LogP contribution in [0.3, 0.4) is 0 Å². The number of nitrogens with zero attached hydrogens (tertiary/aromatic N) is 2. The zero-order chi connectivity index (χ0) is 21.5. The van der Waals surface area contributed by atoms with Crippen LogP contribution in [0.5, 0.6) is 0 Å². The molecule has 1 unspecified atom stereocenters. The summed E-state index contributed by atoms with van der Waals surface area (Å²) in [5.74, 6) is 0.965. The van der Waals surface area contributed by atoms with E-state index in [4.69, 9.17) is 9.31 Å². The van der Waals surface area contributed by atoms with Gasteiger partial charge in [0, 0.05) is 6.54 Å². The van der Waals surface area contributed by atoms with E-state index < -0.39 is 0 Å². The van der Waals surface area contributed by atoms with Gasteiger partial charge in [0.05, 0.1) is 35.7 Å². The molecule has 2 aliphatic rings. The first-order valence-electron chi connectivity index (χ1n) is 10.7. The second-order valence-electron chi connectivity index (χ2n) is 9.17. The highest BCUT2D eigenvalue weighted by Gasteiger charge is 2.51. The first kappa shape index (κ1) is 21.1. The average Bonchev–Trinajstić information content (AvgIpc) is 3.40. The molecule has 0 bridgehead atoms. The molecule has 30 heavy (non-hydrogen) atoms. The number of H-pyrrole nitrogens is 1. The predicted octanol–water partition coefficient (Wildman–Crippen LogP) is 2.26. The zero-order valence-electron chi connectivity index (χ0n) is 18.5. The highest BCUT2D eigenvalue weighted by atomic mass is 16.7. The summed E-state index contributed by atoms with van der Waals surface area (Å²) in [6, 6.07) is 8.20. The summed E-state index contributed by atoms with van der Waals surface area (Å²) in [6.07, 6.45) is 3.78. The second kappa shape index (κ2) is 7.83. The van der Waals surface area contributed by atoms with Crippen molar-refractivity contribution in [3.8, 4) is 11.3 Å². The quantitative estimate of drug-likeness (QED) is 0.740. The maximum Gasteiger partial charge on any atom is 0.494 e. The lowest BCUT2D eigenvalue weighted by molar-refractivity contribution is -0.131. The molecule has 7 nitrogen and oxygen atoms in total. The van der Waals surface area contributed by atoms with Crippen LogP contribution in [0.4, 0.5) is 0 Å². The van der Waals surface area contributed by atoms with Gasteiger partial charge in [-0.1, -0.05) is 24.3 Å². The standard InChI is InChI=1S/C22H31BN4O3/c1-21(2)22(3,4)30-23(29-21)16-10-8-15(9-11-16)17-13-25-20(26-17)18-7-6-12-27(18)19(28)14-24-5/h8-11,13,18,24H,6-7,12,14H2,1-5H3,(H,25,26). The van der Waals surface area contributed by atoms with Crippen LogP contribution in [0.25, 0.3) is 11.3 Å². The van der Waals surface area contributed by atoms with E-state index >= 15 is 0 Å². The first-order valence-corrected chi connectivity index (χ1v) is 10.7. The number of rotatable bonds is 5. The summed E-state index contributed by atoms with van der Waals surface area (Å²) in [6.45, 7) is 9.36. The van der Waals surface area contributed by atoms with Crippen LogP contribution in [-0.4, -0.2) is 59.2 Å². The smallest absolute Gasteiger partial charge is 0.399 e. The number of imidazole rings is 1. The van der Waals surface area contributed by atoms with E-state index in [0.29, 0.717) is 6.54 Å². The van der Waals surface area contributed by atoms with Crippen molar-refractivity contribution in [2.45, 2.75) is 57.8 Å². The monoisotopic (exact) mass is 410 g/mol. The third-order valence-electron chi connectivity index (χ3n) is 6.56. The Labute approximate surface area is 178 Å². The lowest BCUT2D eigenvalue weighted by Crippen LogP contribution is -2.41. The van der Waals surface area contributed by atoms with Crippen LogP contribution in [0.2, 0.25) is 0 Å². The maximum absolute atomic E-state index is 12.4. The Morgan fingerprint density at radius 2 is 1.90 bits per heavy atom. The highest BCUT2D eigenvalue weighted by Crippen LogP contribution is 2.36. The molecule has 0 aliphatic carbocycles. The number of hydrogen-bond donors (Lipinski definition) is 2. The molecule has 4 rings (SSSR count). The van der Waals surface area contributed by atoms with Gasteiger partial charge in [0.1, 0.15) is 5.82 Å². The van der Waals surface area contributed by atoms with E-state index in [-0.39, 0.29) is 30.3 Å². The van der Waals surface area contributed by atoms with Crippen LogP contribution >= 0.6 is 0 Å². The SMILES string of the molecule is CNCC(=O)N1CCCC1c1ncc(-c2ccc(B3OC(C)(C)C(C)(C)O3)cc2)[nH]1. The normalized spacial score (nSPS) is 22.6. The summed E-state index contributed by atoms with van der Waals surface area (Å²) in [7, 11) is 1.42. The van der Waals surface area contributed by atoms with E-state index in [0.717, 1.165) is 41.9 Å². The van der Waals surface area contributed by atoms with Gasteiger partial charge in [-0.05, 0) is 58.6 Å². The van der Waals surface area contributed by atoms with Crippen molar-refractivity contribution >= 4 is 18.5 Å². The molecule has 1 atom stereocenters. The first-order chi connectivity index (χ1) is 14.2. The number of hydrogen-bond acceptors (Lipinski definition) is 5. The lowest BCUT2D eigenvalue weighted by Gasteiger charge is -2.32. The minimum Gasteiger partial charge on any atom is -0.399 e. The number of nitrogens with one attached hydrogen (secondary N) is 2. The van der Waals surface area contributed by atoms with Gasteiger partial charge in [-0.2, -0.15) is 0 Å². The summed E-state index contributed by atoms with van der Waals surface area (Å²) in [5.41, 5.74) is 2.27. The lowest BCUT2D eigenvalue weighted by atomic mass is 9.79. The Morgan fingerprint density at radius 3 is 2.53 bits per heavy atom. The number of carbonyl (C=O) groups is 1. The number of aromatic nitrogens is 2. The van der Waals surface area contributed by atoms with Crippen molar-refractivity contribution in [3.05, 3.63) is 36.3 Å². The molecule has 2 N–H and O–H groups in total. The fraction of sp³-hybridized carbons (Fsp3) is 0.545. The number of likely N-dealkylation sites (N-methyl/N-ethyl adjacent to an activating group) is 1. The molecule has 2 saturated heterocycles. The van der Waals surface area contributed by atoms with E-state index in [1.807, 2.05) is 23.2 Å². The molecule has 0 saturated carbocycles. The van der Waals surface area contributed by atoms with Crippen LogP contribution in [-0.2, 0) is 14.1 Å². The third kappa shape index (κ3) is 3.79. The topological polar surface area (TPSA) is 79.5 Å². The van der Waals surface area contributed by atoms with Gasteiger partial charge in [0.2, 0.25) is 5.91 Å². The van der Waals surface area contributed by atoms with Gasteiger partial charge in [-0.3, -0.25) is 4.79 Å². The molecule has 1 aromatic carbocycles. The molecular formula is C22H31BN4O3. The second-order valence-corrected chi connectivity index (χ2v) is 9.17. The molecule has 2 aromatic rings. The highest BCUT2D eigenvalue weighted by molar-refractivity contribution is 6.62. The Hall–Kier alpha value is -2.16. The van der Waals surface area contributed by atoms with Gasteiger partial charge in [0.25, 0.3) is 0 Å². The number of amides is 1. The number of aromatic amines is 1. The minimum atomic E-state index is -0.369. The van der Waals surface area contributed by atoms with Crippen molar-refractivity contribution in [1.29, 1.82) is 0 Å². The molecule has 0 spiro atoms. The number of benzene rings is 1. The summed E-state index contributed by atoms with van der Waals surface area (Å²) >= 11 is 0. The third-order valence-corrected chi connectivity index (χ3v) is 6.56. The van der Waals surface area contributed by atoms with E-state index in [1.165, 1.54) is 0 Å². The maximum atomic E-state index is 12.4. The fourth-order valence-corrected chi connectivity index (χ4v) is 4.05. The van der Waals surface area contributed by atoms with Crippen LogP contribution in [0.1, 0.15) is 52.4 Å². The van der Waals surface area contributed by atoms with Crippen molar-refractivity contribution < 1.29 is 14.1 Å². The molecule has 0 radical (unpaired) electrons. The van der Waals surface area contributed by atoms with Crippen molar-refractivity contribution in [3.63, 3.8) is 0 Å². The van der Waals surface area contributed by atoms with Crippen LogP contribution in [0, 0.1) is 0 Å². The Bertz CT molecular complexity index is 893. The molecule has 160 valence electrons. The summed E-state index contributed by atoms with van der Waals surface area (Å²) < 4.78 is 12.3. The molecule has 2 fully saturated rings. The largest absolute Gasteiger partial charge is 0.494 e. The number of carbonyl (C=O) groups excluding carboxylic acids is 1. The van der Waals surface area contributed by atoms with Crippen LogP contribution < -0.4 is 10.8 Å². The van der Waals surface area contributed by atoms with Gasteiger partial charge in [-0.15, -0.1) is 0 Å². The van der Waals surface area contributed by atoms with Crippen molar-refractivity contribution in [2.24, 2.45) is 0 Å². The average molecular weight is 410 g/mol. The van der Waals surface area contributed by atoms with E-state index in [2.05, 4.69) is 55.1 Å². The summed E-state index contributed by atoms with van der Waals surface area (Å²) in [4.78, 5) is 22.3. The fourth-order valence-electron chi connectivity index (χ4n) is 4.05. The zero-order valence-corrected chi connectivity index (χ0v) is 18.5. The summed E-state index contributed by atoms with van der Waals surface area (Å²) in [5, 5.41) is 2.94. The molecular weight excluding hydrogens is 379 g/mol. The Kier molecular flexibility index (Phi) is 5.51. The van der Waals surface area contributed by atoms with Gasteiger partial charge >= 0.3 is 7.12 Å². The van der Waals surface area contributed by atoms with E-state index in [9.17, 15) is 4.79 Å². The van der Waals surface area contributed by atoms with Gasteiger partial charge in [0.15, 0.2) is 0 Å². The number of likely N-dealkylation sites (tertiary alicyclic amines) is 1. The van der Waals surface area contributed by atoms with Crippen LogP contribution in [0.15, 0.2) is 30.5 Å². The van der Waals surface area contributed by atoms with E-state index in [1.54, 1.807) is 7.05 Å². The molecule has 3 heterocycles. The molecule has 1 aromatic heterocycles. The van der Waals surface area contributed by atoms with Crippen molar-refractivity contribution in [2.75, 3.05) is 20.1 Å². The Morgan fingerprint density at radius 1 is 1.23 bits per heavy atom. The van der Waals surface area contributed by atoms with Crippen molar-refractivity contribution in [1.82, 2.24) is 20.2 Å². The molecule has 2 aliphatic heterocycles. The predicted molar refractivity (Wildman–Crippen MR) is 117 cm³/mol. The minimum absolute atomic E-state index is 0.0172. The molecule has 8 heteroatoms. The molecule has 1 amide bonds. The van der Waals surface area contributed by atoms with Gasteiger partial charge in [-0.25, -0.2) is 4.98 Å². The Balaban J connectivity index is 1.49.